The summed E-state index contributed by atoms with van der Waals surface area (Å²) in [5.41, 5.74) is 6.78. The summed E-state index contributed by atoms with van der Waals surface area (Å²) >= 11 is 1.71. The smallest absolute Gasteiger partial charge is 0.185 e. The summed E-state index contributed by atoms with van der Waals surface area (Å²) < 4.78 is 7.34. The number of hydrogen-bond acceptors (Lipinski definition) is 6. The number of carbonyl (C=O) groups excluding carboxylic acids is 1. The van der Waals surface area contributed by atoms with Gasteiger partial charge < -0.3 is 14.0 Å². The topological polar surface area (TPSA) is 64.2 Å². The maximum atomic E-state index is 13.2. The maximum absolute atomic E-state index is 13.2. The summed E-state index contributed by atoms with van der Waals surface area (Å²) in [6.07, 6.45) is 6.20. The van der Waals surface area contributed by atoms with Crippen molar-refractivity contribution in [3.05, 3.63) is 75.9 Å². The van der Waals surface area contributed by atoms with E-state index in [1.807, 2.05) is 61.9 Å². The van der Waals surface area contributed by atoms with Gasteiger partial charge in [-0.15, -0.1) is 11.3 Å². The minimum atomic E-state index is 0.115. The Morgan fingerprint density at radius 3 is 2.56 bits per heavy atom. The highest BCUT2D eigenvalue weighted by atomic mass is 32.1. The molecule has 5 rings (SSSR count). The highest BCUT2D eigenvalue weighted by Gasteiger charge is 2.18. The summed E-state index contributed by atoms with van der Waals surface area (Å²) in [5.74, 6) is 0.921. The van der Waals surface area contributed by atoms with E-state index in [-0.39, 0.29) is 5.78 Å². The first-order valence-electron chi connectivity index (χ1n) is 11.9. The Balaban J connectivity index is 1.29. The first-order valence-corrected chi connectivity index (χ1v) is 12.8. The molecule has 0 bridgehead atoms. The van der Waals surface area contributed by atoms with Crippen molar-refractivity contribution >= 4 is 22.3 Å². The van der Waals surface area contributed by atoms with Crippen LogP contribution in [0.25, 0.3) is 11.1 Å². The molecule has 176 valence electrons. The molecule has 0 aliphatic carbocycles. The molecule has 4 aromatic rings. The van der Waals surface area contributed by atoms with Crippen molar-refractivity contribution in [2.45, 2.75) is 53.0 Å². The van der Waals surface area contributed by atoms with Crippen molar-refractivity contribution in [2.24, 2.45) is 0 Å². The zero-order chi connectivity index (χ0) is 23.7. The largest absolute Gasteiger partial charge is 0.361 e. The van der Waals surface area contributed by atoms with E-state index in [2.05, 4.69) is 15.4 Å². The van der Waals surface area contributed by atoms with Crippen molar-refractivity contribution in [1.82, 2.24) is 14.7 Å². The third-order valence-electron chi connectivity index (χ3n) is 6.46. The van der Waals surface area contributed by atoms with Crippen LogP contribution in [0.1, 0.15) is 58.0 Å². The Hall–Kier alpha value is -3.19. The predicted octanol–water partition coefficient (Wildman–Crippen LogP) is 5.99. The number of thiazole rings is 1. The number of benzene rings is 1. The van der Waals surface area contributed by atoms with Crippen molar-refractivity contribution in [1.29, 1.82) is 0 Å². The number of aromatic nitrogens is 3. The standard InChI is InChI=1S/C27H30N4O2S/c1-18-13-24(31(15-18)16-23-17-34-27(28-23)30-11-5-4-6-12-30)25(32)14-21-7-9-22(10-8-21)26-19(2)29-33-20(26)3/h7-10,13,15,17H,4-6,11-12,14,16H2,1-3H3. The summed E-state index contributed by atoms with van der Waals surface area (Å²) in [7, 11) is 0. The predicted molar refractivity (Wildman–Crippen MR) is 136 cm³/mol. The fourth-order valence-electron chi connectivity index (χ4n) is 4.76. The lowest BCUT2D eigenvalue weighted by molar-refractivity contribution is 0.0984. The zero-order valence-electron chi connectivity index (χ0n) is 20.0. The Morgan fingerprint density at radius 2 is 1.85 bits per heavy atom. The van der Waals surface area contributed by atoms with Crippen LogP contribution in [0.3, 0.4) is 0 Å². The van der Waals surface area contributed by atoms with E-state index in [1.165, 1.54) is 19.3 Å². The van der Waals surface area contributed by atoms with Crippen LogP contribution in [0.4, 0.5) is 5.13 Å². The van der Waals surface area contributed by atoms with E-state index in [0.717, 1.165) is 63.3 Å². The SMILES string of the molecule is Cc1cc(C(=O)Cc2ccc(-c3c(C)noc3C)cc2)n(Cc2csc(N3CCCCC3)n2)c1. The van der Waals surface area contributed by atoms with Gasteiger partial charge in [-0.3, -0.25) is 4.79 Å². The van der Waals surface area contributed by atoms with Crippen molar-refractivity contribution in [3.63, 3.8) is 0 Å². The van der Waals surface area contributed by atoms with Gasteiger partial charge in [0.1, 0.15) is 5.76 Å². The average Bonchev–Trinajstić information content (AvgIpc) is 3.54. The lowest BCUT2D eigenvalue weighted by Crippen LogP contribution is -2.29. The molecule has 34 heavy (non-hydrogen) atoms. The molecule has 6 nitrogen and oxygen atoms in total. The minimum absolute atomic E-state index is 0.115. The van der Waals surface area contributed by atoms with E-state index < -0.39 is 0 Å². The monoisotopic (exact) mass is 474 g/mol. The van der Waals surface area contributed by atoms with Crippen molar-refractivity contribution < 1.29 is 9.32 Å². The fraction of sp³-hybridized carbons (Fsp3) is 0.370. The molecule has 0 unspecified atom stereocenters. The van der Waals surface area contributed by atoms with Gasteiger partial charge in [-0.05, 0) is 62.8 Å². The number of Topliss-reactive ketones (excluding diaryl/α,β-unsaturated/α-hetero) is 1. The Morgan fingerprint density at radius 1 is 1.09 bits per heavy atom. The summed E-state index contributed by atoms with van der Waals surface area (Å²) in [6.45, 7) is 8.69. The highest BCUT2D eigenvalue weighted by molar-refractivity contribution is 7.13. The number of anilines is 1. The van der Waals surface area contributed by atoms with Crippen LogP contribution in [-0.4, -0.2) is 33.6 Å². The highest BCUT2D eigenvalue weighted by Crippen LogP contribution is 2.28. The summed E-state index contributed by atoms with van der Waals surface area (Å²) in [6, 6.07) is 10.1. The number of hydrogen-bond donors (Lipinski definition) is 0. The van der Waals surface area contributed by atoms with E-state index >= 15 is 0 Å². The number of carbonyl (C=O) groups is 1. The number of piperidine rings is 1. The van der Waals surface area contributed by atoms with Crippen LogP contribution in [0.5, 0.6) is 0 Å². The van der Waals surface area contributed by atoms with Crippen LogP contribution in [0.15, 0.2) is 46.4 Å². The lowest BCUT2D eigenvalue weighted by atomic mass is 10.00. The van der Waals surface area contributed by atoms with Gasteiger partial charge in [0.2, 0.25) is 0 Å². The van der Waals surface area contributed by atoms with E-state index in [9.17, 15) is 4.79 Å². The van der Waals surface area contributed by atoms with E-state index in [4.69, 9.17) is 9.51 Å². The molecule has 1 fully saturated rings. The molecule has 0 amide bonds. The van der Waals surface area contributed by atoms with Crippen LogP contribution in [0, 0.1) is 20.8 Å². The molecule has 0 spiro atoms. The molecule has 1 aliphatic rings. The third-order valence-corrected chi connectivity index (χ3v) is 7.41. The average molecular weight is 475 g/mol. The molecule has 0 atom stereocenters. The zero-order valence-corrected chi connectivity index (χ0v) is 20.8. The third kappa shape index (κ3) is 4.71. The Kier molecular flexibility index (Phi) is 6.37. The molecule has 1 aromatic carbocycles. The normalized spacial score (nSPS) is 14.0. The van der Waals surface area contributed by atoms with Crippen LogP contribution in [-0.2, 0) is 13.0 Å². The second-order valence-corrected chi connectivity index (χ2v) is 10.0. The molecule has 1 aliphatic heterocycles. The van der Waals surface area contributed by atoms with E-state index in [0.29, 0.717) is 13.0 Å². The molecule has 1 saturated heterocycles. The summed E-state index contributed by atoms with van der Waals surface area (Å²) in [4.78, 5) is 20.5. The van der Waals surface area contributed by atoms with Crippen LogP contribution >= 0.6 is 11.3 Å². The molecular formula is C27H30N4O2S. The van der Waals surface area contributed by atoms with Gasteiger partial charge in [0, 0.05) is 36.7 Å². The van der Waals surface area contributed by atoms with Crippen molar-refractivity contribution in [2.75, 3.05) is 18.0 Å². The molecule has 0 saturated carbocycles. The first kappa shape index (κ1) is 22.6. The van der Waals surface area contributed by atoms with E-state index in [1.54, 1.807) is 11.3 Å². The molecule has 4 heterocycles. The van der Waals surface area contributed by atoms with Gasteiger partial charge >= 0.3 is 0 Å². The van der Waals surface area contributed by atoms with Gasteiger partial charge in [0.25, 0.3) is 0 Å². The van der Waals surface area contributed by atoms with Crippen LogP contribution < -0.4 is 4.90 Å². The number of rotatable bonds is 7. The van der Waals surface area contributed by atoms with Gasteiger partial charge in [-0.25, -0.2) is 4.98 Å². The Labute approximate surface area is 204 Å². The second kappa shape index (κ2) is 9.58. The second-order valence-electron chi connectivity index (χ2n) is 9.20. The summed E-state index contributed by atoms with van der Waals surface area (Å²) in [5, 5.41) is 7.27. The molecule has 0 radical (unpaired) electrons. The van der Waals surface area contributed by atoms with Crippen molar-refractivity contribution in [3.8, 4) is 11.1 Å². The quantitative estimate of drug-likeness (QED) is 0.308. The number of nitrogens with zero attached hydrogens (tertiary/aromatic N) is 4. The van der Waals surface area contributed by atoms with Gasteiger partial charge in [-0.2, -0.15) is 0 Å². The fourth-order valence-corrected chi connectivity index (χ4v) is 5.63. The first-order chi connectivity index (χ1) is 16.5. The van der Waals surface area contributed by atoms with Gasteiger partial charge in [0.05, 0.1) is 23.6 Å². The maximum Gasteiger partial charge on any atom is 0.185 e. The van der Waals surface area contributed by atoms with Gasteiger partial charge in [-0.1, -0.05) is 29.4 Å². The molecule has 7 heteroatoms. The van der Waals surface area contributed by atoms with Crippen LogP contribution in [0.2, 0.25) is 0 Å². The minimum Gasteiger partial charge on any atom is -0.361 e. The molecular weight excluding hydrogens is 444 g/mol. The Bertz CT molecular complexity index is 1270. The number of ketones is 1. The number of aryl methyl sites for hydroxylation is 3. The van der Waals surface area contributed by atoms with Gasteiger partial charge in [0.15, 0.2) is 10.9 Å². The molecule has 3 aromatic heterocycles. The lowest BCUT2D eigenvalue weighted by Gasteiger charge is -2.25. The molecule has 0 N–H and O–H groups in total.